The second-order valence-corrected chi connectivity index (χ2v) is 12.8. The Morgan fingerprint density at radius 1 is 1.05 bits per heavy atom. The summed E-state index contributed by atoms with van der Waals surface area (Å²) in [6.45, 7) is 14.6. The first-order valence-corrected chi connectivity index (χ1v) is 16.0. The van der Waals surface area contributed by atoms with Gasteiger partial charge in [0.1, 0.15) is 0 Å². The smallest absolute Gasteiger partial charge is 0.255 e. The number of methoxy groups -OCH3 is 1. The number of carbonyl (C=O) groups is 1. The summed E-state index contributed by atoms with van der Waals surface area (Å²) in [7, 11) is 1.59. The molecule has 0 radical (unpaired) electrons. The van der Waals surface area contributed by atoms with Crippen LogP contribution in [0.4, 0.5) is 17.1 Å². The highest BCUT2D eigenvalue weighted by molar-refractivity contribution is 7.99. The van der Waals surface area contributed by atoms with Gasteiger partial charge in [0.25, 0.3) is 5.91 Å². The van der Waals surface area contributed by atoms with Gasteiger partial charge in [-0.15, -0.1) is 0 Å². The van der Waals surface area contributed by atoms with Crippen molar-refractivity contribution in [2.45, 2.75) is 92.0 Å². The summed E-state index contributed by atoms with van der Waals surface area (Å²) in [5.74, 6) is 12.4. The Kier molecular flexibility index (Phi) is 13.8. The summed E-state index contributed by atoms with van der Waals surface area (Å²) >= 11 is 1.46. The van der Waals surface area contributed by atoms with Crippen LogP contribution in [-0.4, -0.2) is 30.3 Å². The van der Waals surface area contributed by atoms with Crippen molar-refractivity contribution in [2.24, 2.45) is 17.4 Å². The number of rotatable bonds is 9. The number of allylic oxidation sites excluding steroid dienone is 2. The predicted molar refractivity (Wildman–Crippen MR) is 185 cm³/mol. The van der Waals surface area contributed by atoms with Crippen LogP contribution in [0.2, 0.25) is 0 Å². The maximum absolute atomic E-state index is 13.1. The fourth-order valence-electron chi connectivity index (χ4n) is 4.85. The zero-order valence-electron chi connectivity index (χ0n) is 27.5. The van der Waals surface area contributed by atoms with Crippen molar-refractivity contribution in [1.29, 1.82) is 0 Å². The second kappa shape index (κ2) is 16.5. The van der Waals surface area contributed by atoms with Crippen LogP contribution in [0, 0.1) is 6.92 Å². The number of nitrogens with one attached hydrogen (secondary N) is 2. The number of carbonyl (C=O) groups excluding carboxylic acids is 1. The summed E-state index contributed by atoms with van der Waals surface area (Å²) in [6.07, 6.45) is 11.4. The molecule has 0 atom stereocenters. The first-order valence-electron chi connectivity index (χ1n) is 14.8. The molecular formula is C33H53N7O2S. The largest absolute Gasteiger partial charge is 0.492 e. The van der Waals surface area contributed by atoms with Crippen molar-refractivity contribution in [3.05, 3.63) is 70.7 Å². The van der Waals surface area contributed by atoms with E-state index in [0.717, 1.165) is 16.8 Å². The standard InChI is InChI=1S/C22H31N5O2S.C11H22N2/c1-14-7-8-15(11-19(14)27(24)10-9-23)21(28)25-17-12-16(22(2,3)4)13-18(26-30-6)20(17)29-5;1-9(2)10(3)13(12)11-7-5-4-6-8-11/h7-13,26H,23-24H2,1-6H3,(H,25,28);11H,4-8,12H2,1-3H3/b10-9-;. The molecule has 1 fully saturated rings. The third-order valence-electron chi connectivity index (χ3n) is 7.69. The summed E-state index contributed by atoms with van der Waals surface area (Å²) < 4.78 is 8.84. The maximum atomic E-state index is 13.1. The Hall–Kier alpha value is -3.34. The molecule has 0 aromatic heterocycles. The van der Waals surface area contributed by atoms with Crippen LogP contribution < -0.4 is 37.2 Å². The van der Waals surface area contributed by atoms with E-state index < -0.39 is 0 Å². The van der Waals surface area contributed by atoms with Crippen molar-refractivity contribution < 1.29 is 9.53 Å². The summed E-state index contributed by atoms with van der Waals surface area (Å²) in [5.41, 5.74) is 12.4. The molecule has 0 saturated heterocycles. The van der Waals surface area contributed by atoms with Gasteiger partial charge in [-0.2, -0.15) is 0 Å². The van der Waals surface area contributed by atoms with Crippen molar-refractivity contribution in [3.63, 3.8) is 0 Å². The van der Waals surface area contributed by atoms with Crippen LogP contribution in [0.1, 0.15) is 95.1 Å². The van der Waals surface area contributed by atoms with E-state index >= 15 is 0 Å². The molecule has 0 unspecified atom stereocenters. The van der Waals surface area contributed by atoms with Crippen LogP contribution in [0.3, 0.4) is 0 Å². The van der Waals surface area contributed by atoms with Crippen LogP contribution in [0.25, 0.3) is 0 Å². The molecule has 8 N–H and O–H groups in total. The highest BCUT2D eigenvalue weighted by Gasteiger charge is 2.22. The lowest BCUT2D eigenvalue weighted by molar-refractivity contribution is 0.102. The minimum absolute atomic E-state index is 0.105. The van der Waals surface area contributed by atoms with Crippen LogP contribution in [0.15, 0.2) is 54.0 Å². The van der Waals surface area contributed by atoms with E-state index in [0.29, 0.717) is 28.7 Å². The highest BCUT2D eigenvalue weighted by Crippen LogP contribution is 2.39. The fraction of sp³-hybridized carbons (Fsp3) is 0.485. The van der Waals surface area contributed by atoms with E-state index in [1.165, 1.54) is 72.7 Å². The molecule has 0 aliphatic heterocycles. The summed E-state index contributed by atoms with van der Waals surface area (Å²) in [4.78, 5) is 13.1. The number of nitrogens with zero attached hydrogens (tertiary/aromatic N) is 2. The molecule has 10 heteroatoms. The molecule has 1 saturated carbocycles. The molecule has 0 heterocycles. The quantitative estimate of drug-likeness (QED) is 0.114. The number of aryl methyl sites for hydroxylation is 1. The molecule has 0 bridgehead atoms. The normalized spacial score (nSPS) is 13.6. The summed E-state index contributed by atoms with van der Waals surface area (Å²) in [6, 6.07) is 9.91. The number of hydrazine groups is 2. The first kappa shape index (κ1) is 35.9. The van der Waals surface area contributed by atoms with E-state index in [9.17, 15) is 4.79 Å². The molecular weight excluding hydrogens is 558 g/mol. The van der Waals surface area contributed by atoms with Crippen molar-refractivity contribution in [2.75, 3.05) is 28.4 Å². The number of hydrogen-bond donors (Lipinski definition) is 5. The van der Waals surface area contributed by atoms with Gasteiger partial charge < -0.3 is 25.5 Å². The molecule has 2 aromatic carbocycles. The lowest BCUT2D eigenvalue weighted by atomic mass is 9.86. The van der Waals surface area contributed by atoms with Crippen LogP contribution in [-0.2, 0) is 5.41 Å². The number of anilines is 3. The SMILES string of the molecule is CC(C)=C(C)N(N)C1CCCCC1.COc1c(NSC)cc(C(C)(C)C)cc1NC(=O)c1ccc(C)c(N(N)/C=C\N)c1. The number of ether oxygens (including phenoxy) is 1. The van der Waals surface area contributed by atoms with Crippen molar-refractivity contribution in [3.8, 4) is 5.75 Å². The monoisotopic (exact) mass is 611 g/mol. The molecule has 9 nitrogen and oxygen atoms in total. The van der Waals surface area contributed by atoms with Crippen LogP contribution in [0.5, 0.6) is 5.75 Å². The molecule has 1 aliphatic rings. The lowest BCUT2D eigenvalue weighted by Crippen LogP contribution is -2.41. The topological polar surface area (TPSA) is 135 Å². The van der Waals surface area contributed by atoms with Gasteiger partial charge in [0.15, 0.2) is 5.75 Å². The predicted octanol–water partition coefficient (Wildman–Crippen LogP) is 7.16. The van der Waals surface area contributed by atoms with Crippen molar-refractivity contribution >= 4 is 34.9 Å². The average Bonchev–Trinajstić information content (AvgIpc) is 2.97. The van der Waals surface area contributed by atoms with Gasteiger partial charge in [0.2, 0.25) is 0 Å². The number of hydrogen-bond acceptors (Lipinski definition) is 9. The van der Waals surface area contributed by atoms with Gasteiger partial charge in [0, 0.05) is 36.0 Å². The van der Waals surface area contributed by atoms with Gasteiger partial charge >= 0.3 is 0 Å². The second-order valence-electron chi connectivity index (χ2n) is 12.1. The highest BCUT2D eigenvalue weighted by atomic mass is 32.2. The Labute approximate surface area is 263 Å². The fourth-order valence-corrected chi connectivity index (χ4v) is 5.22. The zero-order chi connectivity index (χ0) is 32.3. The Morgan fingerprint density at radius 3 is 2.21 bits per heavy atom. The minimum Gasteiger partial charge on any atom is -0.492 e. The number of nitrogens with two attached hydrogens (primary N) is 3. The molecule has 0 spiro atoms. The van der Waals surface area contributed by atoms with E-state index in [2.05, 4.69) is 51.6 Å². The summed E-state index contributed by atoms with van der Waals surface area (Å²) in [5, 5.41) is 6.35. The van der Waals surface area contributed by atoms with Gasteiger partial charge in [-0.3, -0.25) is 9.80 Å². The lowest BCUT2D eigenvalue weighted by Gasteiger charge is -2.33. The third kappa shape index (κ3) is 10.1. The van der Waals surface area contributed by atoms with E-state index in [4.69, 9.17) is 22.2 Å². The Balaban J connectivity index is 0.000000413. The molecule has 1 aliphatic carbocycles. The van der Waals surface area contributed by atoms with E-state index in [1.54, 1.807) is 19.2 Å². The van der Waals surface area contributed by atoms with Crippen molar-refractivity contribution in [1.82, 2.24) is 5.01 Å². The third-order valence-corrected chi connectivity index (χ3v) is 8.12. The molecule has 2 aromatic rings. The van der Waals surface area contributed by atoms with Gasteiger partial charge in [-0.05, 0) is 81.3 Å². The molecule has 238 valence electrons. The maximum Gasteiger partial charge on any atom is 0.255 e. The van der Waals surface area contributed by atoms with Gasteiger partial charge in [0.05, 0.1) is 24.2 Å². The average molecular weight is 612 g/mol. The molecule has 1 amide bonds. The van der Waals surface area contributed by atoms with Gasteiger partial charge in [-0.25, -0.2) is 11.7 Å². The van der Waals surface area contributed by atoms with E-state index in [1.807, 2.05) is 36.4 Å². The number of benzene rings is 2. The minimum atomic E-state index is -0.263. The Morgan fingerprint density at radius 2 is 1.67 bits per heavy atom. The Bertz CT molecular complexity index is 1280. The molecule has 43 heavy (non-hydrogen) atoms. The van der Waals surface area contributed by atoms with E-state index in [-0.39, 0.29) is 11.3 Å². The van der Waals surface area contributed by atoms with Gasteiger partial charge in [-0.1, -0.05) is 63.6 Å². The zero-order valence-corrected chi connectivity index (χ0v) is 28.3. The first-order chi connectivity index (χ1) is 20.2. The molecule has 3 rings (SSSR count). The number of amides is 1. The van der Waals surface area contributed by atoms with Crippen LogP contribution >= 0.6 is 11.9 Å².